The molecule has 0 spiro atoms. The molecule has 0 saturated heterocycles. The van der Waals surface area contributed by atoms with Crippen LogP contribution in [0.25, 0.3) is 0 Å². The molecular weight excluding hydrogens is 344 g/mol. The number of amides is 2. The van der Waals surface area contributed by atoms with Crippen molar-refractivity contribution >= 4 is 11.8 Å². The molecule has 2 aromatic carbocycles. The predicted molar refractivity (Wildman–Crippen MR) is 102 cm³/mol. The summed E-state index contributed by atoms with van der Waals surface area (Å²) in [5, 5.41) is 2.72. The second-order valence-corrected chi connectivity index (χ2v) is 6.65. The molecular formula is C21H24N2O4. The maximum Gasteiger partial charge on any atom is 0.251 e. The van der Waals surface area contributed by atoms with Crippen LogP contribution in [0.15, 0.2) is 36.4 Å². The van der Waals surface area contributed by atoms with Gasteiger partial charge in [0.25, 0.3) is 5.91 Å². The Hall–Kier alpha value is -3.02. The highest BCUT2D eigenvalue weighted by atomic mass is 16.7. The number of carbonyl (C=O) groups excluding carboxylic acids is 2. The van der Waals surface area contributed by atoms with E-state index in [0.29, 0.717) is 30.2 Å². The van der Waals surface area contributed by atoms with Gasteiger partial charge in [0.05, 0.1) is 6.54 Å². The number of ether oxygens (including phenoxy) is 2. The molecule has 0 radical (unpaired) electrons. The highest BCUT2D eigenvalue weighted by molar-refractivity contribution is 5.96. The lowest BCUT2D eigenvalue weighted by Crippen LogP contribution is -2.39. The van der Waals surface area contributed by atoms with Gasteiger partial charge in [0.15, 0.2) is 11.5 Å². The zero-order valence-electron chi connectivity index (χ0n) is 15.9. The lowest BCUT2D eigenvalue weighted by atomic mass is 10.1. The summed E-state index contributed by atoms with van der Waals surface area (Å²) >= 11 is 0. The Bertz CT molecular complexity index is 843. The van der Waals surface area contributed by atoms with Crippen LogP contribution in [0.4, 0.5) is 0 Å². The summed E-state index contributed by atoms with van der Waals surface area (Å²) in [5.41, 5.74) is 3.56. The van der Waals surface area contributed by atoms with Crippen LogP contribution in [0.5, 0.6) is 11.5 Å². The van der Waals surface area contributed by atoms with Crippen molar-refractivity contribution in [2.75, 3.05) is 19.9 Å². The van der Waals surface area contributed by atoms with E-state index in [-0.39, 0.29) is 25.2 Å². The van der Waals surface area contributed by atoms with E-state index in [1.54, 1.807) is 4.90 Å². The van der Waals surface area contributed by atoms with Gasteiger partial charge in [0.1, 0.15) is 0 Å². The zero-order valence-corrected chi connectivity index (χ0v) is 15.9. The van der Waals surface area contributed by atoms with Gasteiger partial charge in [-0.25, -0.2) is 0 Å². The molecule has 1 aliphatic rings. The minimum absolute atomic E-state index is 0.0375. The maximum absolute atomic E-state index is 12.5. The first kappa shape index (κ1) is 18.8. The Balaban J connectivity index is 1.59. The molecule has 0 atom stereocenters. The summed E-state index contributed by atoms with van der Waals surface area (Å²) in [7, 11) is 0. The number of carbonyl (C=O) groups is 2. The third kappa shape index (κ3) is 4.58. The van der Waals surface area contributed by atoms with Gasteiger partial charge < -0.3 is 19.7 Å². The van der Waals surface area contributed by atoms with Crippen LogP contribution in [0, 0.1) is 13.8 Å². The number of nitrogens with one attached hydrogen (secondary N) is 1. The number of rotatable bonds is 6. The minimum Gasteiger partial charge on any atom is -0.454 e. The number of benzene rings is 2. The molecule has 27 heavy (non-hydrogen) atoms. The Morgan fingerprint density at radius 2 is 1.74 bits per heavy atom. The minimum atomic E-state index is -0.241. The maximum atomic E-state index is 12.5. The largest absolute Gasteiger partial charge is 0.454 e. The van der Waals surface area contributed by atoms with Crippen molar-refractivity contribution in [2.45, 2.75) is 27.3 Å². The van der Waals surface area contributed by atoms with Gasteiger partial charge in [-0.2, -0.15) is 0 Å². The highest BCUT2D eigenvalue weighted by Crippen LogP contribution is 2.32. The van der Waals surface area contributed by atoms with Crippen molar-refractivity contribution in [3.05, 3.63) is 58.7 Å². The summed E-state index contributed by atoms with van der Waals surface area (Å²) in [6.45, 7) is 6.98. The van der Waals surface area contributed by atoms with Crippen molar-refractivity contribution in [3.63, 3.8) is 0 Å². The Morgan fingerprint density at radius 1 is 1.04 bits per heavy atom. The van der Waals surface area contributed by atoms with Gasteiger partial charge in [-0.3, -0.25) is 9.59 Å². The molecule has 3 rings (SSSR count). The quantitative estimate of drug-likeness (QED) is 0.851. The highest BCUT2D eigenvalue weighted by Gasteiger charge is 2.17. The molecule has 142 valence electrons. The Labute approximate surface area is 159 Å². The van der Waals surface area contributed by atoms with Crippen LogP contribution < -0.4 is 14.8 Å². The van der Waals surface area contributed by atoms with E-state index in [4.69, 9.17) is 9.47 Å². The molecule has 2 aromatic rings. The average molecular weight is 368 g/mol. The van der Waals surface area contributed by atoms with Crippen LogP contribution in [-0.4, -0.2) is 36.6 Å². The summed E-state index contributed by atoms with van der Waals surface area (Å²) in [5.74, 6) is 1.04. The van der Waals surface area contributed by atoms with Gasteiger partial charge in [-0.05, 0) is 50.6 Å². The molecule has 2 amide bonds. The van der Waals surface area contributed by atoms with Crippen molar-refractivity contribution in [2.24, 2.45) is 0 Å². The van der Waals surface area contributed by atoms with Crippen molar-refractivity contribution in [1.29, 1.82) is 0 Å². The van der Waals surface area contributed by atoms with Crippen LogP contribution in [-0.2, 0) is 11.3 Å². The molecule has 1 heterocycles. The molecule has 0 aromatic heterocycles. The van der Waals surface area contributed by atoms with Gasteiger partial charge >= 0.3 is 0 Å². The Kier molecular flexibility index (Phi) is 5.64. The van der Waals surface area contributed by atoms with E-state index < -0.39 is 0 Å². The first-order valence-corrected chi connectivity index (χ1v) is 8.99. The monoisotopic (exact) mass is 368 g/mol. The SMILES string of the molecule is CCN(Cc1ccc2c(c1)OCO2)C(=O)CNC(=O)c1cc(C)cc(C)c1. The fourth-order valence-corrected chi connectivity index (χ4v) is 3.11. The third-order valence-corrected chi connectivity index (χ3v) is 4.43. The average Bonchev–Trinajstić information content (AvgIpc) is 3.10. The van der Waals surface area contributed by atoms with Crippen LogP contribution >= 0.6 is 0 Å². The number of fused-ring (bicyclic) bond motifs is 1. The molecule has 6 heteroatoms. The lowest BCUT2D eigenvalue weighted by molar-refractivity contribution is -0.130. The topological polar surface area (TPSA) is 67.9 Å². The normalized spacial score (nSPS) is 12.0. The van der Waals surface area contributed by atoms with Crippen molar-refractivity contribution in [3.8, 4) is 11.5 Å². The zero-order chi connectivity index (χ0) is 19.4. The van der Waals surface area contributed by atoms with Gasteiger partial charge in [0, 0.05) is 18.7 Å². The molecule has 0 saturated carbocycles. The number of hydrogen-bond donors (Lipinski definition) is 1. The molecule has 6 nitrogen and oxygen atoms in total. The molecule has 0 unspecified atom stereocenters. The molecule has 1 aliphatic heterocycles. The van der Waals surface area contributed by atoms with E-state index in [1.807, 2.05) is 57.2 Å². The number of likely N-dealkylation sites (N-methyl/N-ethyl adjacent to an activating group) is 1. The number of hydrogen-bond acceptors (Lipinski definition) is 4. The van der Waals surface area contributed by atoms with E-state index in [0.717, 1.165) is 16.7 Å². The van der Waals surface area contributed by atoms with Gasteiger partial charge in [-0.15, -0.1) is 0 Å². The van der Waals surface area contributed by atoms with Gasteiger partial charge in [0.2, 0.25) is 12.7 Å². The second-order valence-electron chi connectivity index (χ2n) is 6.65. The standard InChI is InChI=1S/C21H24N2O4/c1-4-23(12-16-5-6-18-19(10-16)27-13-26-18)20(24)11-22-21(25)17-8-14(2)7-15(3)9-17/h5-10H,4,11-13H2,1-3H3,(H,22,25). The molecule has 0 bridgehead atoms. The molecule has 0 aliphatic carbocycles. The van der Waals surface area contributed by atoms with Crippen LogP contribution in [0.2, 0.25) is 0 Å². The predicted octanol–water partition coefficient (Wildman–Crippen LogP) is 2.81. The number of nitrogens with zero attached hydrogens (tertiary/aromatic N) is 1. The number of aryl methyl sites for hydroxylation is 2. The Morgan fingerprint density at radius 3 is 2.44 bits per heavy atom. The molecule has 1 N–H and O–H groups in total. The van der Waals surface area contributed by atoms with Crippen LogP contribution in [0.1, 0.15) is 34.0 Å². The fraction of sp³-hybridized carbons (Fsp3) is 0.333. The summed E-state index contributed by atoms with van der Waals surface area (Å²) in [6, 6.07) is 11.3. The van der Waals surface area contributed by atoms with Crippen LogP contribution in [0.3, 0.4) is 0 Å². The summed E-state index contributed by atoms with van der Waals surface area (Å²) in [6.07, 6.45) is 0. The van der Waals surface area contributed by atoms with E-state index in [2.05, 4.69) is 5.32 Å². The smallest absolute Gasteiger partial charge is 0.251 e. The van der Waals surface area contributed by atoms with E-state index >= 15 is 0 Å². The summed E-state index contributed by atoms with van der Waals surface area (Å²) in [4.78, 5) is 26.6. The molecule has 0 fully saturated rings. The van der Waals surface area contributed by atoms with Crippen molar-refractivity contribution in [1.82, 2.24) is 10.2 Å². The van der Waals surface area contributed by atoms with Gasteiger partial charge in [-0.1, -0.05) is 23.3 Å². The first-order chi connectivity index (χ1) is 13.0. The lowest BCUT2D eigenvalue weighted by Gasteiger charge is -2.21. The second kappa shape index (κ2) is 8.12. The summed E-state index contributed by atoms with van der Waals surface area (Å²) < 4.78 is 10.7. The van der Waals surface area contributed by atoms with Crippen molar-refractivity contribution < 1.29 is 19.1 Å². The third-order valence-electron chi connectivity index (χ3n) is 4.43. The fourth-order valence-electron chi connectivity index (χ4n) is 3.11. The van der Waals surface area contributed by atoms with E-state index in [9.17, 15) is 9.59 Å². The van der Waals surface area contributed by atoms with E-state index in [1.165, 1.54) is 0 Å². The first-order valence-electron chi connectivity index (χ1n) is 8.99.